The lowest BCUT2D eigenvalue weighted by atomic mass is 10.0. The predicted octanol–water partition coefficient (Wildman–Crippen LogP) is 2.10. The molecule has 2 N–H and O–H groups in total. The number of guanidine groups is 1. The van der Waals surface area contributed by atoms with Gasteiger partial charge in [-0.1, -0.05) is 37.3 Å². The highest BCUT2D eigenvalue weighted by Crippen LogP contribution is 2.13. The van der Waals surface area contributed by atoms with E-state index >= 15 is 0 Å². The third-order valence-corrected chi connectivity index (χ3v) is 5.27. The highest BCUT2D eigenvalue weighted by molar-refractivity contribution is 14.0. The predicted molar refractivity (Wildman–Crippen MR) is 135 cm³/mol. The van der Waals surface area contributed by atoms with E-state index in [4.69, 9.17) is 0 Å². The van der Waals surface area contributed by atoms with E-state index in [2.05, 4.69) is 61.7 Å². The molecule has 1 aliphatic rings. The molecule has 1 aromatic carbocycles. The first kappa shape index (κ1) is 24.8. The van der Waals surface area contributed by atoms with Gasteiger partial charge in [-0.05, 0) is 17.5 Å². The molecule has 2 heterocycles. The normalized spacial score (nSPS) is 15.1. The van der Waals surface area contributed by atoms with Crippen molar-refractivity contribution in [2.24, 2.45) is 4.99 Å². The number of nitrogens with one attached hydrogen (secondary N) is 2. The highest BCUT2D eigenvalue weighted by Gasteiger charge is 2.22. The molecular weight excluding hydrogens is 505 g/mol. The number of aliphatic imine (C=N–C) groups is 1. The van der Waals surface area contributed by atoms with Crippen LogP contribution in [0.5, 0.6) is 0 Å². The lowest BCUT2D eigenvalue weighted by molar-refractivity contribution is -0.131. The summed E-state index contributed by atoms with van der Waals surface area (Å²) in [6, 6.07) is 12.2. The molecule has 0 spiro atoms. The molecule has 1 amide bonds. The highest BCUT2D eigenvalue weighted by atomic mass is 127. The second-order valence-corrected chi connectivity index (χ2v) is 7.36. The van der Waals surface area contributed by atoms with Crippen molar-refractivity contribution in [1.29, 1.82) is 0 Å². The molecule has 1 aliphatic heterocycles. The summed E-state index contributed by atoms with van der Waals surface area (Å²) in [7, 11) is 1.75. The Labute approximate surface area is 201 Å². The number of hydrogen-bond donors (Lipinski definition) is 2. The Hall–Kier alpha value is -2.43. The van der Waals surface area contributed by atoms with Crippen molar-refractivity contribution in [3.8, 4) is 0 Å². The quantitative estimate of drug-likeness (QED) is 0.320. The van der Waals surface area contributed by atoms with Crippen LogP contribution in [-0.2, 0) is 4.79 Å². The van der Waals surface area contributed by atoms with E-state index in [-0.39, 0.29) is 29.9 Å². The van der Waals surface area contributed by atoms with Crippen molar-refractivity contribution >= 4 is 41.8 Å². The van der Waals surface area contributed by atoms with Crippen LogP contribution in [-0.4, -0.2) is 73.1 Å². The Balaban J connectivity index is 0.00000341. The molecule has 0 saturated carbocycles. The number of hydrogen-bond acceptors (Lipinski definition) is 5. The Morgan fingerprint density at radius 3 is 2.39 bits per heavy atom. The Morgan fingerprint density at radius 1 is 1.06 bits per heavy atom. The molecule has 0 radical (unpaired) electrons. The van der Waals surface area contributed by atoms with E-state index in [1.807, 2.05) is 11.0 Å². The van der Waals surface area contributed by atoms with Crippen LogP contribution in [0, 0.1) is 0 Å². The fourth-order valence-corrected chi connectivity index (χ4v) is 3.43. The summed E-state index contributed by atoms with van der Waals surface area (Å²) < 4.78 is 0. The Kier molecular flexibility index (Phi) is 10.5. The molecule has 9 heteroatoms. The fourth-order valence-electron chi connectivity index (χ4n) is 3.43. The zero-order valence-corrected chi connectivity index (χ0v) is 20.5. The van der Waals surface area contributed by atoms with E-state index < -0.39 is 0 Å². The van der Waals surface area contributed by atoms with Crippen LogP contribution in [0.1, 0.15) is 24.8 Å². The molecule has 0 bridgehead atoms. The summed E-state index contributed by atoms with van der Waals surface area (Å²) in [6.45, 7) is 6.41. The van der Waals surface area contributed by atoms with E-state index in [1.54, 1.807) is 25.5 Å². The number of halogens is 1. The van der Waals surface area contributed by atoms with E-state index in [9.17, 15) is 4.79 Å². The number of piperazine rings is 1. The van der Waals surface area contributed by atoms with Crippen LogP contribution in [0.25, 0.3) is 0 Å². The lowest BCUT2D eigenvalue weighted by Gasteiger charge is -2.34. The van der Waals surface area contributed by atoms with E-state index in [1.165, 1.54) is 5.56 Å². The summed E-state index contributed by atoms with van der Waals surface area (Å²) in [6.07, 6.45) is 3.93. The average molecular weight is 537 g/mol. The molecule has 1 fully saturated rings. The first-order chi connectivity index (χ1) is 14.7. The minimum absolute atomic E-state index is 0. The second kappa shape index (κ2) is 13.1. The van der Waals surface area contributed by atoms with E-state index in [0.717, 1.165) is 31.5 Å². The van der Waals surface area contributed by atoms with Gasteiger partial charge in [0.15, 0.2) is 5.96 Å². The summed E-state index contributed by atoms with van der Waals surface area (Å²) >= 11 is 0. The largest absolute Gasteiger partial charge is 0.356 e. The van der Waals surface area contributed by atoms with Gasteiger partial charge in [-0.2, -0.15) is 0 Å². The van der Waals surface area contributed by atoms with Crippen molar-refractivity contribution in [3.05, 3.63) is 54.4 Å². The molecule has 1 saturated heterocycles. The number of carbonyl (C=O) groups is 1. The summed E-state index contributed by atoms with van der Waals surface area (Å²) in [5, 5.41) is 6.58. The first-order valence-corrected chi connectivity index (χ1v) is 10.5. The van der Waals surface area contributed by atoms with Crippen molar-refractivity contribution < 1.29 is 4.79 Å². The van der Waals surface area contributed by atoms with Crippen molar-refractivity contribution in [3.63, 3.8) is 0 Å². The number of anilines is 1. The molecule has 1 atom stereocenters. The van der Waals surface area contributed by atoms with Crippen LogP contribution in [0.15, 0.2) is 53.8 Å². The van der Waals surface area contributed by atoms with Gasteiger partial charge in [0, 0.05) is 65.1 Å². The van der Waals surface area contributed by atoms with Crippen LogP contribution in [0.3, 0.4) is 0 Å². The monoisotopic (exact) mass is 537 g/mol. The minimum atomic E-state index is 0. The zero-order valence-electron chi connectivity index (χ0n) is 18.2. The van der Waals surface area contributed by atoms with Gasteiger partial charge in [0.2, 0.25) is 11.9 Å². The summed E-state index contributed by atoms with van der Waals surface area (Å²) in [5.74, 6) is 1.98. The van der Waals surface area contributed by atoms with Crippen LogP contribution in [0.4, 0.5) is 5.95 Å². The minimum Gasteiger partial charge on any atom is -0.356 e. The van der Waals surface area contributed by atoms with E-state index in [0.29, 0.717) is 32.0 Å². The number of benzene rings is 1. The van der Waals surface area contributed by atoms with Crippen molar-refractivity contribution in [2.45, 2.75) is 19.3 Å². The Bertz CT molecular complexity index is 811. The van der Waals surface area contributed by atoms with Gasteiger partial charge in [-0.3, -0.25) is 9.79 Å². The first-order valence-electron chi connectivity index (χ1n) is 10.5. The van der Waals surface area contributed by atoms with Gasteiger partial charge in [0.25, 0.3) is 0 Å². The van der Waals surface area contributed by atoms with Crippen LogP contribution in [0.2, 0.25) is 0 Å². The fraction of sp³-hybridized carbons (Fsp3) is 0.455. The standard InChI is InChI=1S/C22H31N7O.HI/c1-18(19-7-4-3-5-8-19)17-27-21(23-2)24-12-9-20(30)28-13-15-29(16-14-28)22-25-10-6-11-26-22;/h3-8,10-11,18H,9,12-17H2,1-2H3,(H2,23,24,27);1H. The number of carbonyl (C=O) groups excluding carboxylic acids is 1. The summed E-state index contributed by atoms with van der Waals surface area (Å²) in [5.41, 5.74) is 1.29. The smallest absolute Gasteiger partial charge is 0.225 e. The van der Waals surface area contributed by atoms with Gasteiger partial charge in [0.05, 0.1) is 0 Å². The molecular formula is C22H32IN7O. The van der Waals surface area contributed by atoms with Crippen molar-refractivity contribution in [2.75, 3.05) is 51.2 Å². The van der Waals surface area contributed by atoms with Gasteiger partial charge in [0.1, 0.15) is 0 Å². The molecule has 0 aliphatic carbocycles. The summed E-state index contributed by atoms with van der Waals surface area (Å²) in [4.78, 5) is 29.4. The maximum absolute atomic E-state index is 12.5. The SMILES string of the molecule is CN=C(NCCC(=O)N1CCN(c2ncccn2)CC1)NCC(C)c1ccccc1.I. The number of amides is 1. The van der Waals surface area contributed by atoms with Gasteiger partial charge in [-0.15, -0.1) is 24.0 Å². The molecule has 8 nitrogen and oxygen atoms in total. The topological polar surface area (TPSA) is 85.8 Å². The number of rotatable bonds is 7. The third-order valence-electron chi connectivity index (χ3n) is 5.27. The Morgan fingerprint density at radius 2 is 1.74 bits per heavy atom. The molecule has 168 valence electrons. The van der Waals surface area contributed by atoms with Crippen LogP contribution >= 0.6 is 24.0 Å². The second-order valence-electron chi connectivity index (χ2n) is 7.36. The molecule has 2 aromatic rings. The van der Waals surface area contributed by atoms with Crippen LogP contribution < -0.4 is 15.5 Å². The van der Waals surface area contributed by atoms with Gasteiger partial charge >= 0.3 is 0 Å². The maximum Gasteiger partial charge on any atom is 0.225 e. The van der Waals surface area contributed by atoms with Gasteiger partial charge in [-0.25, -0.2) is 9.97 Å². The molecule has 3 rings (SSSR count). The zero-order chi connectivity index (χ0) is 21.2. The number of nitrogens with zero attached hydrogens (tertiary/aromatic N) is 5. The average Bonchev–Trinajstić information content (AvgIpc) is 2.82. The van der Waals surface area contributed by atoms with Gasteiger partial charge < -0.3 is 20.4 Å². The molecule has 31 heavy (non-hydrogen) atoms. The van der Waals surface area contributed by atoms with Crippen molar-refractivity contribution in [1.82, 2.24) is 25.5 Å². The lowest BCUT2D eigenvalue weighted by Crippen LogP contribution is -2.50. The maximum atomic E-state index is 12.5. The molecule has 1 aromatic heterocycles. The molecule has 1 unspecified atom stereocenters. The number of aromatic nitrogens is 2. The third kappa shape index (κ3) is 7.64.